The first-order valence-electron chi connectivity index (χ1n) is 9.46. The summed E-state index contributed by atoms with van der Waals surface area (Å²) in [5, 5.41) is 10.5. The van der Waals surface area contributed by atoms with E-state index in [0.717, 1.165) is 12.8 Å². The molecule has 1 aliphatic carbocycles. The molecule has 1 aromatic carbocycles. The quantitative estimate of drug-likeness (QED) is 0.587. The fraction of sp³-hybridized carbons (Fsp3) is 0.273. The fourth-order valence-electron chi connectivity index (χ4n) is 3.01. The number of benzene rings is 1. The lowest BCUT2D eigenvalue weighted by molar-refractivity contribution is 0.0894. The second kappa shape index (κ2) is 8.68. The standard InChI is InChI=1S/C22H21ClN2O4/c23-16-5-6-17(25-11-16)12-29-20-9-10-24-22(27)21(20)15-3-7-18(8-4-15)28-13-19(26)14-1-2-14/h3-11,14,19,26H,1-2,12-13H2,(H,24,27)/t19-/m0/s1. The summed E-state index contributed by atoms with van der Waals surface area (Å²) in [4.78, 5) is 19.3. The number of nitrogens with zero attached hydrogens (tertiary/aromatic N) is 1. The van der Waals surface area contributed by atoms with Crippen LogP contribution in [-0.2, 0) is 6.61 Å². The highest BCUT2D eigenvalue weighted by molar-refractivity contribution is 6.30. The Bertz CT molecular complexity index is 1010. The first kappa shape index (κ1) is 19.5. The van der Waals surface area contributed by atoms with Gasteiger partial charge in [0.1, 0.15) is 24.7 Å². The lowest BCUT2D eigenvalue weighted by Gasteiger charge is -2.13. The van der Waals surface area contributed by atoms with E-state index in [0.29, 0.717) is 39.3 Å². The molecule has 0 aliphatic heterocycles. The molecule has 0 spiro atoms. The van der Waals surface area contributed by atoms with Crippen molar-refractivity contribution in [2.24, 2.45) is 5.92 Å². The minimum Gasteiger partial charge on any atom is -0.491 e. The van der Waals surface area contributed by atoms with Crippen LogP contribution < -0.4 is 15.0 Å². The molecular formula is C22H21ClN2O4. The number of ether oxygens (including phenoxy) is 2. The summed E-state index contributed by atoms with van der Waals surface area (Å²) in [5.41, 5.74) is 1.61. The van der Waals surface area contributed by atoms with Gasteiger partial charge in [0.2, 0.25) is 0 Å². The number of aromatic nitrogens is 2. The van der Waals surface area contributed by atoms with Crippen LogP contribution in [0.4, 0.5) is 0 Å². The van der Waals surface area contributed by atoms with Crippen molar-refractivity contribution >= 4 is 11.6 Å². The molecular weight excluding hydrogens is 392 g/mol. The number of hydrogen-bond donors (Lipinski definition) is 2. The summed E-state index contributed by atoms with van der Waals surface area (Å²) >= 11 is 5.85. The fourth-order valence-corrected chi connectivity index (χ4v) is 3.13. The first-order valence-corrected chi connectivity index (χ1v) is 9.84. The maximum Gasteiger partial charge on any atom is 0.259 e. The molecule has 0 radical (unpaired) electrons. The third-order valence-electron chi connectivity index (χ3n) is 4.82. The number of aliphatic hydroxyl groups is 1. The van der Waals surface area contributed by atoms with Gasteiger partial charge in [0.15, 0.2) is 0 Å². The van der Waals surface area contributed by atoms with Crippen LogP contribution in [0.2, 0.25) is 5.02 Å². The number of nitrogens with one attached hydrogen (secondary N) is 1. The molecule has 1 fully saturated rings. The zero-order chi connectivity index (χ0) is 20.2. The molecule has 150 valence electrons. The number of H-pyrrole nitrogens is 1. The molecule has 2 heterocycles. The molecule has 6 nitrogen and oxygen atoms in total. The average molecular weight is 413 g/mol. The molecule has 2 aromatic heterocycles. The van der Waals surface area contributed by atoms with Crippen molar-refractivity contribution in [1.29, 1.82) is 0 Å². The largest absolute Gasteiger partial charge is 0.491 e. The second-order valence-corrected chi connectivity index (χ2v) is 7.48. The van der Waals surface area contributed by atoms with E-state index >= 15 is 0 Å². The number of hydrogen-bond acceptors (Lipinski definition) is 5. The maximum absolute atomic E-state index is 12.4. The van der Waals surface area contributed by atoms with Crippen LogP contribution in [0, 0.1) is 5.92 Å². The number of halogens is 1. The van der Waals surface area contributed by atoms with Gasteiger partial charge in [-0.3, -0.25) is 9.78 Å². The molecule has 1 aliphatic rings. The average Bonchev–Trinajstić information content (AvgIpc) is 3.58. The Morgan fingerprint density at radius 1 is 1.14 bits per heavy atom. The van der Waals surface area contributed by atoms with Crippen LogP contribution in [0.3, 0.4) is 0 Å². The van der Waals surface area contributed by atoms with Crippen LogP contribution in [0.15, 0.2) is 59.7 Å². The topological polar surface area (TPSA) is 84.4 Å². The number of rotatable bonds is 8. The third kappa shape index (κ3) is 4.96. The number of pyridine rings is 2. The van der Waals surface area contributed by atoms with Crippen LogP contribution in [0.5, 0.6) is 11.5 Å². The smallest absolute Gasteiger partial charge is 0.259 e. The van der Waals surface area contributed by atoms with E-state index in [1.807, 2.05) is 0 Å². The highest BCUT2D eigenvalue weighted by Crippen LogP contribution is 2.33. The zero-order valence-electron chi connectivity index (χ0n) is 15.7. The predicted octanol–water partition coefficient (Wildman–Crippen LogP) is 3.82. The summed E-state index contributed by atoms with van der Waals surface area (Å²) in [6, 6.07) is 12.4. The van der Waals surface area contributed by atoms with Gasteiger partial charge in [0.05, 0.1) is 22.4 Å². The minimum atomic E-state index is -0.423. The van der Waals surface area contributed by atoms with Crippen molar-refractivity contribution in [3.8, 4) is 22.6 Å². The summed E-state index contributed by atoms with van der Waals surface area (Å²) < 4.78 is 11.5. The summed E-state index contributed by atoms with van der Waals surface area (Å²) in [6.07, 6.45) is 4.81. The van der Waals surface area contributed by atoms with Gasteiger partial charge in [-0.05, 0) is 54.7 Å². The molecule has 29 heavy (non-hydrogen) atoms. The number of aromatic amines is 1. The normalized spacial score (nSPS) is 14.4. The van der Waals surface area contributed by atoms with Crippen molar-refractivity contribution in [3.05, 3.63) is 75.9 Å². The van der Waals surface area contributed by atoms with E-state index in [-0.39, 0.29) is 18.8 Å². The molecule has 0 unspecified atom stereocenters. The number of aliphatic hydroxyl groups excluding tert-OH is 1. The van der Waals surface area contributed by atoms with Crippen molar-refractivity contribution in [3.63, 3.8) is 0 Å². The molecule has 0 amide bonds. The summed E-state index contributed by atoms with van der Waals surface area (Å²) in [5.74, 6) is 1.48. The lowest BCUT2D eigenvalue weighted by Crippen LogP contribution is -2.19. The molecule has 1 saturated carbocycles. The summed E-state index contributed by atoms with van der Waals surface area (Å²) in [7, 11) is 0. The Labute approximate surface area is 173 Å². The lowest BCUT2D eigenvalue weighted by atomic mass is 10.1. The van der Waals surface area contributed by atoms with Crippen LogP contribution in [-0.4, -0.2) is 27.8 Å². The SMILES string of the molecule is O=c1[nH]ccc(OCc2ccc(Cl)cn2)c1-c1ccc(OC[C@H](O)C2CC2)cc1. The highest BCUT2D eigenvalue weighted by atomic mass is 35.5. The van der Waals surface area contributed by atoms with Gasteiger partial charge < -0.3 is 19.6 Å². The van der Waals surface area contributed by atoms with E-state index in [4.69, 9.17) is 21.1 Å². The van der Waals surface area contributed by atoms with Gasteiger partial charge in [0, 0.05) is 12.4 Å². The van der Waals surface area contributed by atoms with E-state index in [1.165, 1.54) is 0 Å². The van der Waals surface area contributed by atoms with Gasteiger partial charge in [-0.2, -0.15) is 0 Å². The first-order chi connectivity index (χ1) is 14.1. The van der Waals surface area contributed by atoms with Crippen molar-refractivity contribution in [2.75, 3.05) is 6.61 Å². The molecule has 3 aromatic rings. The second-order valence-electron chi connectivity index (χ2n) is 7.04. The predicted molar refractivity (Wildman–Crippen MR) is 110 cm³/mol. The Balaban J connectivity index is 1.48. The molecule has 0 saturated heterocycles. The van der Waals surface area contributed by atoms with E-state index < -0.39 is 6.10 Å². The Hall–Kier alpha value is -2.83. The Kier molecular flexibility index (Phi) is 5.83. The minimum absolute atomic E-state index is 0.216. The van der Waals surface area contributed by atoms with Gasteiger partial charge in [-0.15, -0.1) is 0 Å². The summed E-state index contributed by atoms with van der Waals surface area (Å²) in [6.45, 7) is 0.492. The van der Waals surface area contributed by atoms with E-state index in [1.54, 1.807) is 54.9 Å². The zero-order valence-corrected chi connectivity index (χ0v) is 16.4. The van der Waals surface area contributed by atoms with Crippen molar-refractivity contribution < 1.29 is 14.6 Å². The van der Waals surface area contributed by atoms with Crippen LogP contribution >= 0.6 is 11.6 Å². The Morgan fingerprint density at radius 3 is 2.62 bits per heavy atom. The van der Waals surface area contributed by atoms with Gasteiger partial charge >= 0.3 is 0 Å². The molecule has 1 atom stereocenters. The van der Waals surface area contributed by atoms with Gasteiger partial charge in [-0.1, -0.05) is 23.7 Å². The third-order valence-corrected chi connectivity index (χ3v) is 5.04. The monoisotopic (exact) mass is 412 g/mol. The highest BCUT2D eigenvalue weighted by Gasteiger charge is 2.30. The van der Waals surface area contributed by atoms with Crippen molar-refractivity contribution in [1.82, 2.24) is 9.97 Å². The maximum atomic E-state index is 12.4. The molecule has 2 N–H and O–H groups in total. The molecule has 7 heteroatoms. The molecule has 4 rings (SSSR count). The van der Waals surface area contributed by atoms with Gasteiger partial charge in [-0.25, -0.2) is 0 Å². The van der Waals surface area contributed by atoms with Crippen molar-refractivity contribution in [2.45, 2.75) is 25.6 Å². The van der Waals surface area contributed by atoms with Crippen LogP contribution in [0.1, 0.15) is 18.5 Å². The van der Waals surface area contributed by atoms with Gasteiger partial charge in [0.25, 0.3) is 5.56 Å². The van der Waals surface area contributed by atoms with E-state index in [2.05, 4.69) is 9.97 Å². The van der Waals surface area contributed by atoms with E-state index in [9.17, 15) is 9.90 Å². The van der Waals surface area contributed by atoms with Crippen LogP contribution in [0.25, 0.3) is 11.1 Å². The Morgan fingerprint density at radius 2 is 1.93 bits per heavy atom. The molecule has 0 bridgehead atoms.